The third-order valence-corrected chi connectivity index (χ3v) is 1.32. The lowest BCUT2D eigenvalue weighted by Gasteiger charge is -2.00. The third kappa shape index (κ3) is 1.52. The molecule has 0 N–H and O–H groups in total. The molecule has 0 amide bonds. The van der Waals surface area contributed by atoms with E-state index in [2.05, 4.69) is 23.1 Å². The van der Waals surface area contributed by atoms with Gasteiger partial charge in [0.2, 0.25) is 0 Å². The first kappa shape index (κ1) is 7.66. The van der Waals surface area contributed by atoms with Gasteiger partial charge >= 0.3 is 0 Å². The van der Waals surface area contributed by atoms with Gasteiger partial charge in [-0.15, -0.1) is 0 Å². The fraction of sp³-hybridized carbons (Fsp3) is 0.111. The topological polar surface area (TPSA) is 25.8 Å². The summed E-state index contributed by atoms with van der Waals surface area (Å²) in [5.74, 6) is 0. The molecule has 0 fully saturated rings. The Labute approximate surface area is 66.3 Å². The molecule has 0 radical (unpaired) electrons. The van der Waals surface area contributed by atoms with Crippen molar-refractivity contribution in [2.75, 3.05) is 0 Å². The van der Waals surface area contributed by atoms with Crippen molar-refractivity contribution >= 4 is 11.6 Å². The molecule has 0 aliphatic heterocycles. The van der Waals surface area contributed by atoms with Gasteiger partial charge in [-0.25, -0.2) is 0 Å². The number of nitrogens with zero attached hydrogens (tertiary/aromatic N) is 2. The first-order chi connectivity index (χ1) is 5.25. The molecule has 0 spiro atoms. The predicted molar refractivity (Wildman–Crippen MR) is 46.8 cm³/mol. The summed E-state index contributed by atoms with van der Waals surface area (Å²) in [6.07, 6.45) is 4.97. The van der Waals surface area contributed by atoms with Crippen molar-refractivity contribution in [2.24, 2.45) is 0 Å². The van der Waals surface area contributed by atoms with E-state index in [-0.39, 0.29) is 0 Å². The lowest BCUT2D eigenvalue weighted by atomic mass is 10.2. The molecule has 0 unspecified atom stereocenters. The number of hydrogen-bond acceptors (Lipinski definition) is 2. The molecular weight excluding hydrogens is 136 g/mol. The summed E-state index contributed by atoms with van der Waals surface area (Å²) >= 11 is 0. The smallest absolute Gasteiger partial charge is 0.0909 e. The number of aromatic nitrogens is 2. The minimum Gasteiger partial charge on any atom is -0.253 e. The summed E-state index contributed by atoms with van der Waals surface area (Å²) < 4.78 is 0. The van der Waals surface area contributed by atoms with Crippen molar-refractivity contribution < 1.29 is 0 Å². The average Bonchev–Trinajstić information content (AvgIpc) is 2.04. The van der Waals surface area contributed by atoms with Gasteiger partial charge in [-0.2, -0.15) is 0 Å². The first-order valence-electron chi connectivity index (χ1n) is 3.35. The van der Waals surface area contributed by atoms with Crippen LogP contribution in [0.5, 0.6) is 0 Å². The van der Waals surface area contributed by atoms with Crippen molar-refractivity contribution in [3.63, 3.8) is 0 Å². The highest BCUT2D eigenvalue weighted by Crippen LogP contribution is 2.11. The molecule has 0 bridgehead atoms. The Bertz CT molecular complexity index is 289. The normalized spacial score (nSPS) is 9.18. The molecule has 0 saturated carbocycles. The molecular formula is C9H10N2. The van der Waals surface area contributed by atoms with Crippen LogP contribution in [0.4, 0.5) is 0 Å². The van der Waals surface area contributed by atoms with Crippen LogP contribution in [0.25, 0.3) is 11.6 Å². The van der Waals surface area contributed by atoms with E-state index in [1.807, 2.05) is 6.92 Å². The van der Waals surface area contributed by atoms with Crippen LogP contribution in [0.2, 0.25) is 0 Å². The van der Waals surface area contributed by atoms with Crippen LogP contribution < -0.4 is 0 Å². The van der Waals surface area contributed by atoms with E-state index in [4.69, 9.17) is 0 Å². The van der Waals surface area contributed by atoms with Gasteiger partial charge < -0.3 is 0 Å². The second kappa shape index (κ2) is 3.10. The average molecular weight is 146 g/mol. The lowest BCUT2D eigenvalue weighted by Crippen LogP contribution is -1.91. The third-order valence-electron chi connectivity index (χ3n) is 1.32. The Morgan fingerprint density at radius 1 is 1.45 bits per heavy atom. The van der Waals surface area contributed by atoms with Crippen molar-refractivity contribution in [2.45, 2.75) is 6.92 Å². The van der Waals surface area contributed by atoms with Crippen LogP contribution in [0.3, 0.4) is 0 Å². The van der Waals surface area contributed by atoms with Crippen molar-refractivity contribution in [3.8, 4) is 0 Å². The molecule has 0 saturated heterocycles. The summed E-state index contributed by atoms with van der Waals surface area (Å²) in [6, 6.07) is 0. The van der Waals surface area contributed by atoms with Gasteiger partial charge in [-0.3, -0.25) is 9.97 Å². The summed E-state index contributed by atoms with van der Waals surface area (Å²) in [6.45, 7) is 9.31. The molecule has 2 nitrogen and oxygen atoms in total. The largest absolute Gasteiger partial charge is 0.253 e. The molecule has 1 aromatic heterocycles. The van der Waals surface area contributed by atoms with Gasteiger partial charge in [-0.05, 0) is 18.6 Å². The molecule has 0 aliphatic carbocycles. The molecule has 2 heteroatoms. The molecule has 1 heterocycles. The highest BCUT2D eigenvalue weighted by molar-refractivity contribution is 5.65. The van der Waals surface area contributed by atoms with E-state index in [9.17, 15) is 0 Å². The Morgan fingerprint density at radius 2 is 2.09 bits per heavy atom. The van der Waals surface area contributed by atoms with Gasteiger partial charge in [-0.1, -0.05) is 13.2 Å². The van der Waals surface area contributed by atoms with Crippen LogP contribution in [0.15, 0.2) is 25.6 Å². The zero-order valence-electron chi connectivity index (χ0n) is 6.54. The molecule has 0 aromatic carbocycles. The Balaban J connectivity index is 3.22. The van der Waals surface area contributed by atoms with E-state index in [0.717, 1.165) is 17.0 Å². The van der Waals surface area contributed by atoms with Crippen molar-refractivity contribution in [1.82, 2.24) is 9.97 Å². The zero-order chi connectivity index (χ0) is 8.27. The number of allylic oxidation sites excluding steroid dienone is 1. The number of hydrogen-bond donors (Lipinski definition) is 0. The lowest BCUT2D eigenvalue weighted by molar-refractivity contribution is 1.14. The van der Waals surface area contributed by atoms with Gasteiger partial charge in [0.05, 0.1) is 11.4 Å². The van der Waals surface area contributed by atoms with Crippen LogP contribution in [-0.2, 0) is 0 Å². The highest BCUT2D eigenvalue weighted by atomic mass is 14.8. The fourth-order valence-corrected chi connectivity index (χ4v) is 0.827. The Kier molecular flexibility index (Phi) is 2.16. The summed E-state index contributed by atoms with van der Waals surface area (Å²) in [5, 5.41) is 0. The summed E-state index contributed by atoms with van der Waals surface area (Å²) in [4.78, 5) is 8.19. The van der Waals surface area contributed by atoms with Gasteiger partial charge in [0.25, 0.3) is 0 Å². The maximum absolute atomic E-state index is 4.12. The predicted octanol–water partition coefficient (Wildman–Crippen LogP) is 2.15. The first-order valence-corrected chi connectivity index (χ1v) is 3.35. The summed E-state index contributed by atoms with van der Waals surface area (Å²) in [5.41, 5.74) is 2.52. The van der Waals surface area contributed by atoms with Crippen LogP contribution in [0.1, 0.15) is 18.3 Å². The second-order valence-electron chi connectivity index (χ2n) is 2.27. The van der Waals surface area contributed by atoms with Gasteiger partial charge in [0, 0.05) is 12.4 Å². The van der Waals surface area contributed by atoms with Gasteiger partial charge in [0.1, 0.15) is 0 Å². The monoisotopic (exact) mass is 146 g/mol. The maximum atomic E-state index is 4.12. The van der Waals surface area contributed by atoms with E-state index < -0.39 is 0 Å². The summed E-state index contributed by atoms with van der Waals surface area (Å²) in [7, 11) is 0. The second-order valence-corrected chi connectivity index (χ2v) is 2.27. The SMILES string of the molecule is C=Cc1nccnc1C(=C)C. The maximum Gasteiger partial charge on any atom is 0.0909 e. The van der Waals surface area contributed by atoms with E-state index in [1.54, 1.807) is 18.5 Å². The molecule has 1 rings (SSSR count). The van der Waals surface area contributed by atoms with Crippen molar-refractivity contribution in [3.05, 3.63) is 36.9 Å². The quantitative estimate of drug-likeness (QED) is 0.639. The van der Waals surface area contributed by atoms with E-state index in [0.29, 0.717) is 0 Å². The molecule has 0 atom stereocenters. The van der Waals surface area contributed by atoms with Crippen LogP contribution in [0, 0.1) is 0 Å². The Morgan fingerprint density at radius 3 is 2.55 bits per heavy atom. The number of rotatable bonds is 2. The Hall–Kier alpha value is -1.44. The highest BCUT2D eigenvalue weighted by Gasteiger charge is 1.99. The van der Waals surface area contributed by atoms with Crippen molar-refractivity contribution in [1.29, 1.82) is 0 Å². The molecule has 11 heavy (non-hydrogen) atoms. The minimum atomic E-state index is 0.792. The van der Waals surface area contributed by atoms with Crippen LogP contribution >= 0.6 is 0 Å². The zero-order valence-corrected chi connectivity index (χ0v) is 6.54. The fourth-order valence-electron chi connectivity index (χ4n) is 0.827. The molecule has 56 valence electrons. The van der Waals surface area contributed by atoms with Crippen LogP contribution in [-0.4, -0.2) is 9.97 Å². The molecule has 0 aliphatic rings. The minimum absolute atomic E-state index is 0.792. The van der Waals surface area contributed by atoms with Gasteiger partial charge in [0.15, 0.2) is 0 Å². The molecule has 1 aromatic rings. The standard InChI is InChI=1S/C9H10N2/c1-4-8-9(7(2)3)11-6-5-10-8/h4-6H,1-2H2,3H3. The van der Waals surface area contributed by atoms with E-state index in [1.165, 1.54) is 0 Å². The van der Waals surface area contributed by atoms with E-state index >= 15 is 0 Å².